The van der Waals surface area contributed by atoms with Crippen LogP contribution in [0.4, 0.5) is 4.79 Å². The lowest BCUT2D eigenvalue weighted by Crippen LogP contribution is -2.49. The smallest absolute Gasteiger partial charge is 0.413 e. The molecule has 6 N–H and O–H groups in total. The van der Waals surface area contributed by atoms with E-state index in [4.69, 9.17) is 15.9 Å². The number of thiol groups is 1. The molecule has 0 aromatic rings. The monoisotopic (exact) mass is 321 g/mol. The van der Waals surface area contributed by atoms with Crippen molar-refractivity contribution in [2.24, 2.45) is 5.73 Å². The Balaban J connectivity index is 4.45. The van der Waals surface area contributed by atoms with E-state index in [0.717, 1.165) is 0 Å². The van der Waals surface area contributed by atoms with E-state index >= 15 is 0 Å². The van der Waals surface area contributed by atoms with Crippen molar-refractivity contribution in [1.29, 1.82) is 0 Å². The third-order valence-electron chi connectivity index (χ3n) is 2.04. The van der Waals surface area contributed by atoms with Gasteiger partial charge in [0, 0.05) is 5.75 Å². The molecule has 0 saturated carbocycles. The van der Waals surface area contributed by atoms with E-state index in [1.165, 1.54) is 0 Å². The molecule has 0 rings (SSSR count). The highest BCUT2D eigenvalue weighted by Gasteiger charge is 2.23. The molecule has 0 aromatic carbocycles. The lowest BCUT2D eigenvalue weighted by Gasteiger charge is -2.17. The molecule has 0 heterocycles. The summed E-state index contributed by atoms with van der Waals surface area (Å²) in [6.07, 6.45) is -1.17. The molecule has 0 radical (unpaired) electrons. The third-order valence-corrected chi connectivity index (χ3v) is 2.41. The number of aliphatic carboxylic acids is 2. The van der Waals surface area contributed by atoms with Gasteiger partial charge in [0.25, 0.3) is 0 Å². The number of carboxylic acid groups (broad SMARTS) is 2. The number of rotatable bonds is 8. The first-order chi connectivity index (χ1) is 9.68. The fourth-order valence-electron chi connectivity index (χ4n) is 0.972. The summed E-state index contributed by atoms with van der Waals surface area (Å²) in [5.74, 6) is -4.17. The zero-order valence-electron chi connectivity index (χ0n) is 10.7. The molecule has 118 valence electrons. The number of amides is 2. The molecule has 0 fully saturated rings. The van der Waals surface area contributed by atoms with Gasteiger partial charge in [-0.2, -0.15) is 12.6 Å². The van der Waals surface area contributed by atoms with Crippen molar-refractivity contribution >= 4 is 36.6 Å². The van der Waals surface area contributed by atoms with Crippen molar-refractivity contribution in [2.45, 2.75) is 12.1 Å². The van der Waals surface area contributed by atoms with Gasteiger partial charge >= 0.3 is 18.0 Å². The van der Waals surface area contributed by atoms with Crippen LogP contribution in [0.2, 0.25) is 0 Å². The highest BCUT2D eigenvalue weighted by Crippen LogP contribution is 2.01. The predicted molar refractivity (Wildman–Crippen MR) is 72.7 cm³/mol. The molecule has 0 spiro atoms. The number of nitrogens with one attached hydrogen (secondary N) is 2. The summed E-state index contributed by atoms with van der Waals surface area (Å²) in [7, 11) is 0. The van der Waals surface area contributed by atoms with Crippen LogP contribution in [0.15, 0.2) is 12.3 Å². The molecule has 0 bridgehead atoms. The summed E-state index contributed by atoms with van der Waals surface area (Å²) in [5, 5.41) is 21.1. The van der Waals surface area contributed by atoms with Crippen molar-refractivity contribution < 1.29 is 34.1 Å². The molecule has 10 nitrogen and oxygen atoms in total. The van der Waals surface area contributed by atoms with Crippen LogP contribution in [-0.2, 0) is 19.1 Å². The average Bonchev–Trinajstić information content (AvgIpc) is 2.40. The second kappa shape index (κ2) is 8.81. The Bertz CT molecular complexity index is 454. The maximum Gasteiger partial charge on any atom is 0.413 e. The van der Waals surface area contributed by atoms with Crippen LogP contribution in [-0.4, -0.2) is 58.5 Å². The van der Waals surface area contributed by atoms with Crippen molar-refractivity contribution in [2.75, 3.05) is 12.3 Å². The van der Waals surface area contributed by atoms with E-state index in [-0.39, 0.29) is 5.75 Å². The van der Waals surface area contributed by atoms with Crippen molar-refractivity contribution in [1.82, 2.24) is 10.6 Å². The molecular formula is C10H15N3O7S. The minimum Gasteiger partial charge on any atom is -0.480 e. The molecule has 0 saturated heterocycles. The van der Waals surface area contributed by atoms with Gasteiger partial charge in [-0.05, 0) is 0 Å². The Kier molecular flexibility index (Phi) is 7.86. The van der Waals surface area contributed by atoms with Gasteiger partial charge in [0.1, 0.15) is 18.3 Å². The first kappa shape index (κ1) is 18.7. The van der Waals surface area contributed by atoms with Crippen LogP contribution in [0, 0.1) is 0 Å². The normalized spacial score (nSPS) is 12.7. The van der Waals surface area contributed by atoms with Crippen LogP contribution in [0.1, 0.15) is 0 Å². The zero-order chi connectivity index (χ0) is 16.6. The highest BCUT2D eigenvalue weighted by atomic mass is 32.1. The van der Waals surface area contributed by atoms with Gasteiger partial charge < -0.3 is 31.3 Å². The van der Waals surface area contributed by atoms with Gasteiger partial charge in [-0.15, -0.1) is 0 Å². The second-order valence-electron chi connectivity index (χ2n) is 3.66. The fourth-order valence-corrected chi connectivity index (χ4v) is 1.23. The van der Waals surface area contributed by atoms with E-state index in [1.54, 1.807) is 0 Å². The Morgan fingerprint density at radius 3 is 2.29 bits per heavy atom. The van der Waals surface area contributed by atoms with E-state index in [1.807, 2.05) is 5.32 Å². The predicted octanol–water partition coefficient (Wildman–Crippen LogP) is -1.86. The van der Waals surface area contributed by atoms with Gasteiger partial charge in [0.05, 0.1) is 0 Å². The van der Waals surface area contributed by atoms with E-state index in [2.05, 4.69) is 29.3 Å². The van der Waals surface area contributed by atoms with Crippen LogP contribution in [0.5, 0.6) is 0 Å². The Labute approximate surface area is 124 Å². The number of alkyl carbamates (subject to hydrolysis) is 1. The molecular weight excluding hydrogens is 306 g/mol. The Morgan fingerprint density at radius 1 is 1.29 bits per heavy atom. The summed E-state index contributed by atoms with van der Waals surface area (Å²) < 4.78 is 4.50. The first-order valence-corrected chi connectivity index (χ1v) is 6.08. The Morgan fingerprint density at radius 2 is 1.86 bits per heavy atom. The van der Waals surface area contributed by atoms with Crippen molar-refractivity contribution in [3.05, 3.63) is 12.3 Å². The van der Waals surface area contributed by atoms with E-state index in [9.17, 15) is 19.2 Å². The van der Waals surface area contributed by atoms with E-state index < -0.39 is 48.3 Å². The summed E-state index contributed by atoms with van der Waals surface area (Å²) >= 11 is 3.82. The molecule has 0 aliphatic heterocycles. The molecule has 21 heavy (non-hydrogen) atoms. The summed E-state index contributed by atoms with van der Waals surface area (Å²) in [4.78, 5) is 43.7. The molecule has 0 aromatic heterocycles. The van der Waals surface area contributed by atoms with Crippen LogP contribution < -0.4 is 16.4 Å². The summed E-state index contributed by atoms with van der Waals surface area (Å²) in [6.45, 7) is 2.54. The number of hydrogen-bond acceptors (Lipinski definition) is 7. The Hall–Kier alpha value is -2.27. The third kappa shape index (κ3) is 7.17. The molecule has 11 heteroatoms. The molecule has 0 aliphatic carbocycles. The van der Waals surface area contributed by atoms with Crippen LogP contribution in [0.25, 0.3) is 0 Å². The standard InChI is InChI=1S/C10H15N3O7S/c1-4(7(11)9(17)18)20-10(19)13-5(3-21)8(16)12-2-6(14)15/h5,7,21H,1-3,11H2,(H,12,16)(H,13,19)(H,14,15)(H,17,18). The van der Waals surface area contributed by atoms with Gasteiger partial charge in [-0.3, -0.25) is 14.4 Å². The maximum absolute atomic E-state index is 11.5. The van der Waals surface area contributed by atoms with Gasteiger partial charge in [-0.25, -0.2) is 4.79 Å². The van der Waals surface area contributed by atoms with Crippen LogP contribution >= 0.6 is 12.6 Å². The number of carbonyl (C=O) groups excluding carboxylic acids is 2. The van der Waals surface area contributed by atoms with Gasteiger partial charge in [0.2, 0.25) is 5.91 Å². The SMILES string of the molecule is C=C(OC(=O)NC(CS)C(=O)NCC(=O)O)C(N)C(=O)O. The van der Waals surface area contributed by atoms with Crippen molar-refractivity contribution in [3.63, 3.8) is 0 Å². The van der Waals surface area contributed by atoms with Crippen molar-refractivity contribution in [3.8, 4) is 0 Å². The fraction of sp³-hybridized carbons (Fsp3) is 0.400. The average molecular weight is 321 g/mol. The van der Waals surface area contributed by atoms with Crippen LogP contribution in [0.3, 0.4) is 0 Å². The number of hydrogen-bond donors (Lipinski definition) is 6. The summed E-state index contributed by atoms with van der Waals surface area (Å²) in [5.41, 5.74) is 5.15. The molecule has 0 aliphatic rings. The van der Waals surface area contributed by atoms with E-state index in [0.29, 0.717) is 0 Å². The highest BCUT2D eigenvalue weighted by molar-refractivity contribution is 7.80. The minimum absolute atomic E-state index is 0.141. The molecule has 2 unspecified atom stereocenters. The number of nitrogens with two attached hydrogens (primary N) is 1. The lowest BCUT2D eigenvalue weighted by molar-refractivity contribution is -0.138. The largest absolute Gasteiger partial charge is 0.480 e. The quantitative estimate of drug-likeness (QED) is 0.223. The summed E-state index contributed by atoms with van der Waals surface area (Å²) in [6, 6.07) is -2.78. The first-order valence-electron chi connectivity index (χ1n) is 5.45. The molecule has 2 atom stereocenters. The number of ether oxygens (including phenoxy) is 1. The maximum atomic E-state index is 11.5. The topological polar surface area (TPSA) is 168 Å². The lowest BCUT2D eigenvalue weighted by atomic mass is 10.3. The van der Waals surface area contributed by atoms with Gasteiger partial charge in [0.15, 0.2) is 6.04 Å². The molecule has 2 amide bonds. The minimum atomic E-state index is -1.61. The number of carbonyl (C=O) groups is 4. The second-order valence-corrected chi connectivity index (χ2v) is 4.03. The van der Waals surface area contributed by atoms with Gasteiger partial charge in [-0.1, -0.05) is 6.58 Å². The number of carboxylic acids is 2. The zero-order valence-corrected chi connectivity index (χ0v) is 11.6.